The van der Waals surface area contributed by atoms with Crippen LogP contribution in [0.2, 0.25) is 0 Å². The van der Waals surface area contributed by atoms with Gasteiger partial charge in [-0.1, -0.05) is 18.2 Å². The Morgan fingerprint density at radius 1 is 1.39 bits per heavy atom. The molecule has 1 heterocycles. The molecule has 1 aromatic carbocycles. The van der Waals surface area contributed by atoms with Crippen LogP contribution in [0.4, 0.5) is 13.2 Å². The average molecular weight is 330 g/mol. The molecule has 1 aromatic rings. The van der Waals surface area contributed by atoms with Crippen molar-refractivity contribution in [2.45, 2.75) is 31.1 Å². The zero-order valence-electron chi connectivity index (χ0n) is 12.4. The van der Waals surface area contributed by atoms with Gasteiger partial charge in [0, 0.05) is 12.6 Å². The lowest BCUT2D eigenvalue weighted by atomic mass is 10.1. The summed E-state index contributed by atoms with van der Waals surface area (Å²) in [6.07, 6.45) is -4.35. The summed E-state index contributed by atoms with van der Waals surface area (Å²) in [5, 5.41) is 11.7. The third kappa shape index (κ3) is 4.44. The summed E-state index contributed by atoms with van der Waals surface area (Å²) in [7, 11) is 1.65. The van der Waals surface area contributed by atoms with Crippen molar-refractivity contribution in [3.63, 3.8) is 0 Å². The van der Waals surface area contributed by atoms with E-state index in [4.69, 9.17) is 5.11 Å². The van der Waals surface area contributed by atoms with Gasteiger partial charge in [-0.25, -0.2) is 0 Å². The monoisotopic (exact) mass is 330 g/mol. The smallest absolute Gasteiger partial charge is 0.416 e. The summed E-state index contributed by atoms with van der Waals surface area (Å²) in [5.74, 6) is -1.38. The Morgan fingerprint density at radius 2 is 2.09 bits per heavy atom. The number of amides is 1. The van der Waals surface area contributed by atoms with Gasteiger partial charge in [0.1, 0.15) is 6.04 Å². The molecule has 0 saturated carbocycles. The molecule has 1 aliphatic heterocycles. The third-order valence-electron chi connectivity index (χ3n) is 3.82. The van der Waals surface area contributed by atoms with Crippen molar-refractivity contribution in [3.05, 3.63) is 35.4 Å². The van der Waals surface area contributed by atoms with E-state index in [1.54, 1.807) is 11.9 Å². The molecule has 0 bridgehead atoms. The van der Waals surface area contributed by atoms with Crippen LogP contribution in [0.5, 0.6) is 0 Å². The van der Waals surface area contributed by atoms with E-state index in [0.29, 0.717) is 6.54 Å². The van der Waals surface area contributed by atoms with Gasteiger partial charge >= 0.3 is 12.1 Å². The Bertz CT molecular complexity index is 604. The third-order valence-corrected chi connectivity index (χ3v) is 3.82. The number of benzene rings is 1. The van der Waals surface area contributed by atoms with Crippen LogP contribution >= 0.6 is 0 Å². The normalized spacial score (nSPS) is 22.1. The highest BCUT2D eigenvalue weighted by molar-refractivity contribution is 5.79. The van der Waals surface area contributed by atoms with Gasteiger partial charge in [-0.15, -0.1) is 0 Å². The molecule has 2 N–H and O–H groups in total. The van der Waals surface area contributed by atoms with Crippen molar-refractivity contribution >= 4 is 11.9 Å². The minimum Gasteiger partial charge on any atom is -0.480 e. The molecule has 1 amide bonds. The Hall–Kier alpha value is -2.09. The number of rotatable bonds is 4. The first kappa shape index (κ1) is 17.3. The molecule has 2 rings (SSSR count). The number of carbonyl (C=O) groups is 2. The fraction of sp³-hybridized carbons (Fsp3) is 0.467. The van der Waals surface area contributed by atoms with Crippen molar-refractivity contribution in [1.29, 1.82) is 0 Å². The molecule has 1 saturated heterocycles. The van der Waals surface area contributed by atoms with E-state index in [1.165, 1.54) is 12.1 Å². The summed E-state index contributed by atoms with van der Waals surface area (Å²) in [5.41, 5.74) is -0.534. The van der Waals surface area contributed by atoms with Gasteiger partial charge in [-0.2, -0.15) is 13.2 Å². The van der Waals surface area contributed by atoms with E-state index in [2.05, 4.69) is 5.32 Å². The highest BCUT2D eigenvalue weighted by Gasteiger charge is 2.35. The van der Waals surface area contributed by atoms with Crippen LogP contribution in [0.25, 0.3) is 0 Å². The number of carboxylic acid groups (broad SMARTS) is 1. The standard InChI is InChI=1S/C15H17F3N2O3/c1-20-8-11(7-12(20)14(22)23)19-13(21)6-9-3-2-4-10(5-9)15(16,17)18/h2-5,11-12H,6-8H2,1H3,(H,19,21)(H,22,23)/t11-,12-/m0/s1. The average Bonchev–Trinajstić information content (AvgIpc) is 2.78. The first-order chi connectivity index (χ1) is 10.7. The second kappa shape index (κ2) is 6.57. The summed E-state index contributed by atoms with van der Waals surface area (Å²) in [4.78, 5) is 24.6. The van der Waals surface area contributed by atoms with Gasteiger partial charge < -0.3 is 10.4 Å². The van der Waals surface area contributed by atoms with Crippen LogP contribution in [0.15, 0.2) is 24.3 Å². The van der Waals surface area contributed by atoms with Crippen LogP contribution in [0.3, 0.4) is 0 Å². The molecule has 0 aliphatic carbocycles. The number of likely N-dealkylation sites (tertiary alicyclic amines) is 1. The molecule has 0 aromatic heterocycles. The van der Waals surface area contributed by atoms with Crippen LogP contribution in [-0.2, 0) is 22.2 Å². The maximum absolute atomic E-state index is 12.6. The number of likely N-dealkylation sites (N-methyl/N-ethyl adjacent to an activating group) is 1. The first-order valence-electron chi connectivity index (χ1n) is 7.05. The maximum atomic E-state index is 12.6. The number of carbonyl (C=O) groups excluding carboxylic acids is 1. The van der Waals surface area contributed by atoms with Crippen molar-refractivity contribution in [2.75, 3.05) is 13.6 Å². The van der Waals surface area contributed by atoms with Gasteiger partial charge in [0.25, 0.3) is 0 Å². The second-order valence-electron chi connectivity index (χ2n) is 5.67. The zero-order valence-corrected chi connectivity index (χ0v) is 12.4. The highest BCUT2D eigenvalue weighted by Crippen LogP contribution is 2.29. The Labute approximate surface area is 131 Å². The summed E-state index contributed by atoms with van der Waals surface area (Å²) < 4.78 is 37.9. The molecule has 126 valence electrons. The molecular formula is C15H17F3N2O3. The molecule has 2 atom stereocenters. The largest absolute Gasteiger partial charge is 0.480 e. The minimum atomic E-state index is -4.45. The van der Waals surface area contributed by atoms with E-state index in [-0.39, 0.29) is 24.4 Å². The van der Waals surface area contributed by atoms with Gasteiger partial charge in [0.2, 0.25) is 5.91 Å². The molecule has 1 aliphatic rings. The summed E-state index contributed by atoms with van der Waals surface area (Å²) >= 11 is 0. The second-order valence-corrected chi connectivity index (χ2v) is 5.67. The Balaban J connectivity index is 1.95. The number of hydrogen-bond acceptors (Lipinski definition) is 3. The fourth-order valence-corrected chi connectivity index (χ4v) is 2.71. The number of aliphatic carboxylic acids is 1. The number of halogens is 3. The first-order valence-corrected chi connectivity index (χ1v) is 7.05. The predicted molar refractivity (Wildman–Crippen MR) is 75.7 cm³/mol. The van der Waals surface area contributed by atoms with E-state index >= 15 is 0 Å². The fourth-order valence-electron chi connectivity index (χ4n) is 2.71. The highest BCUT2D eigenvalue weighted by atomic mass is 19.4. The SMILES string of the molecule is CN1C[C@@H](NC(=O)Cc2cccc(C(F)(F)F)c2)C[C@H]1C(=O)O. The molecular weight excluding hydrogens is 313 g/mol. The van der Waals surface area contributed by atoms with Gasteiger partial charge in [0.05, 0.1) is 12.0 Å². The van der Waals surface area contributed by atoms with Crippen molar-refractivity contribution in [3.8, 4) is 0 Å². The Morgan fingerprint density at radius 3 is 2.65 bits per heavy atom. The number of alkyl halides is 3. The van der Waals surface area contributed by atoms with E-state index in [0.717, 1.165) is 12.1 Å². The number of nitrogens with one attached hydrogen (secondary N) is 1. The Kier molecular flexibility index (Phi) is 4.93. The van der Waals surface area contributed by atoms with E-state index < -0.39 is 29.7 Å². The van der Waals surface area contributed by atoms with Crippen molar-refractivity contribution in [2.24, 2.45) is 0 Å². The van der Waals surface area contributed by atoms with Crippen molar-refractivity contribution < 1.29 is 27.9 Å². The quantitative estimate of drug-likeness (QED) is 0.878. The summed E-state index contributed by atoms with van der Waals surface area (Å²) in [6, 6.07) is 3.63. The lowest BCUT2D eigenvalue weighted by Crippen LogP contribution is -2.37. The zero-order chi connectivity index (χ0) is 17.2. The van der Waals surface area contributed by atoms with Gasteiger partial charge in [-0.3, -0.25) is 14.5 Å². The number of carboxylic acids is 1. The van der Waals surface area contributed by atoms with Gasteiger partial charge in [-0.05, 0) is 25.1 Å². The molecule has 5 nitrogen and oxygen atoms in total. The summed E-state index contributed by atoms with van der Waals surface area (Å²) in [6.45, 7) is 0.394. The van der Waals surface area contributed by atoms with Gasteiger partial charge in [0.15, 0.2) is 0 Å². The molecule has 8 heteroatoms. The van der Waals surface area contributed by atoms with E-state index in [1.807, 2.05) is 0 Å². The number of nitrogens with zero attached hydrogens (tertiary/aromatic N) is 1. The molecule has 1 fully saturated rings. The lowest BCUT2D eigenvalue weighted by molar-refractivity contribution is -0.141. The van der Waals surface area contributed by atoms with Crippen LogP contribution < -0.4 is 5.32 Å². The van der Waals surface area contributed by atoms with Crippen LogP contribution in [0, 0.1) is 0 Å². The molecule has 0 spiro atoms. The van der Waals surface area contributed by atoms with Crippen molar-refractivity contribution in [1.82, 2.24) is 10.2 Å². The van der Waals surface area contributed by atoms with Crippen LogP contribution in [-0.4, -0.2) is 47.6 Å². The van der Waals surface area contributed by atoms with Crippen LogP contribution in [0.1, 0.15) is 17.5 Å². The minimum absolute atomic E-state index is 0.179. The lowest BCUT2D eigenvalue weighted by Gasteiger charge is -2.14. The van der Waals surface area contributed by atoms with E-state index in [9.17, 15) is 22.8 Å². The topological polar surface area (TPSA) is 69.6 Å². The maximum Gasteiger partial charge on any atom is 0.416 e. The molecule has 23 heavy (non-hydrogen) atoms. The number of hydrogen-bond donors (Lipinski definition) is 2. The molecule has 0 unspecified atom stereocenters. The predicted octanol–water partition coefficient (Wildman–Crippen LogP) is 1.52. The molecule has 0 radical (unpaired) electrons.